The Morgan fingerprint density at radius 2 is 1.54 bits per heavy atom. The lowest BCUT2D eigenvalue weighted by atomic mass is 10.3. The molecule has 1 fully saturated rings. The fourth-order valence-corrected chi connectivity index (χ4v) is 5.09. The Morgan fingerprint density at radius 3 is 2.04 bits per heavy atom. The standard InChI is InChI=1S/C15H23F2N3O4S2/c1-18(2)25(21,22)12-4-7-19-8-10-20(11-9-19)26(23,24)15-13(16)5-3-6-14(15)17/h3,5-6H,4,7-12H2,1-2H3. The van der Waals surface area contributed by atoms with Gasteiger partial charge < -0.3 is 4.90 Å². The number of piperazine rings is 1. The summed E-state index contributed by atoms with van der Waals surface area (Å²) in [6.07, 6.45) is 0.426. The van der Waals surface area contributed by atoms with Gasteiger partial charge in [0.15, 0.2) is 4.90 Å². The van der Waals surface area contributed by atoms with Crippen LogP contribution in [0.4, 0.5) is 8.78 Å². The maximum absolute atomic E-state index is 13.8. The first-order valence-corrected chi connectivity index (χ1v) is 11.2. The van der Waals surface area contributed by atoms with Gasteiger partial charge in [0.25, 0.3) is 0 Å². The third kappa shape index (κ3) is 4.77. The summed E-state index contributed by atoms with van der Waals surface area (Å²) in [5.74, 6) is -2.21. The van der Waals surface area contributed by atoms with Crippen LogP contribution < -0.4 is 0 Å². The van der Waals surface area contributed by atoms with Gasteiger partial charge in [0.05, 0.1) is 5.75 Å². The van der Waals surface area contributed by atoms with Crippen LogP contribution in [0.5, 0.6) is 0 Å². The molecule has 2 rings (SSSR count). The number of nitrogens with zero attached hydrogens (tertiary/aromatic N) is 3. The molecule has 0 unspecified atom stereocenters. The molecule has 1 heterocycles. The normalized spacial score (nSPS) is 17.7. The maximum atomic E-state index is 13.8. The van der Waals surface area contributed by atoms with Crippen molar-refractivity contribution in [2.24, 2.45) is 0 Å². The molecule has 0 amide bonds. The van der Waals surface area contributed by atoms with Crippen LogP contribution in [0.15, 0.2) is 23.1 Å². The number of hydrogen-bond acceptors (Lipinski definition) is 5. The van der Waals surface area contributed by atoms with E-state index in [-0.39, 0.29) is 18.8 Å². The minimum absolute atomic E-state index is 0.0128. The van der Waals surface area contributed by atoms with E-state index in [4.69, 9.17) is 0 Å². The first-order valence-electron chi connectivity index (χ1n) is 8.12. The molecular formula is C15H23F2N3O4S2. The van der Waals surface area contributed by atoms with Crippen molar-refractivity contribution >= 4 is 20.0 Å². The molecule has 11 heteroatoms. The SMILES string of the molecule is CN(C)S(=O)(=O)CCCN1CCN(S(=O)(=O)c2c(F)cccc2F)CC1. The molecule has 7 nitrogen and oxygen atoms in total. The first-order chi connectivity index (χ1) is 12.1. The zero-order chi connectivity index (χ0) is 19.5. The second kappa shape index (κ2) is 8.26. The maximum Gasteiger partial charge on any atom is 0.249 e. The Labute approximate surface area is 153 Å². The van der Waals surface area contributed by atoms with Gasteiger partial charge in [-0.15, -0.1) is 0 Å². The predicted molar refractivity (Wildman–Crippen MR) is 93.6 cm³/mol. The number of hydrogen-bond donors (Lipinski definition) is 0. The van der Waals surface area contributed by atoms with E-state index in [1.165, 1.54) is 18.4 Å². The number of halogens is 2. The molecule has 1 aliphatic heterocycles. The molecule has 148 valence electrons. The zero-order valence-electron chi connectivity index (χ0n) is 14.7. The summed E-state index contributed by atoms with van der Waals surface area (Å²) >= 11 is 0. The molecule has 0 aromatic heterocycles. The Kier molecular flexibility index (Phi) is 6.72. The van der Waals surface area contributed by atoms with E-state index in [0.29, 0.717) is 26.1 Å². The lowest BCUT2D eigenvalue weighted by Crippen LogP contribution is -2.49. The van der Waals surface area contributed by atoms with Crippen molar-refractivity contribution in [2.45, 2.75) is 11.3 Å². The molecule has 1 saturated heterocycles. The highest BCUT2D eigenvalue weighted by Crippen LogP contribution is 2.23. The number of rotatable bonds is 7. The molecule has 0 atom stereocenters. The average molecular weight is 411 g/mol. The van der Waals surface area contributed by atoms with E-state index in [1.54, 1.807) is 0 Å². The van der Waals surface area contributed by atoms with Gasteiger partial charge in [-0.05, 0) is 25.1 Å². The molecule has 0 saturated carbocycles. The molecule has 0 N–H and O–H groups in total. The van der Waals surface area contributed by atoms with Crippen LogP contribution in [0.1, 0.15) is 6.42 Å². The van der Waals surface area contributed by atoms with E-state index < -0.39 is 36.6 Å². The smallest absolute Gasteiger partial charge is 0.249 e. The van der Waals surface area contributed by atoms with E-state index in [1.807, 2.05) is 4.90 Å². The summed E-state index contributed by atoms with van der Waals surface area (Å²) in [5.41, 5.74) is 0. The van der Waals surface area contributed by atoms with Crippen molar-refractivity contribution < 1.29 is 25.6 Å². The summed E-state index contributed by atoms with van der Waals surface area (Å²) < 4.78 is 78.3. The van der Waals surface area contributed by atoms with Gasteiger partial charge in [-0.25, -0.2) is 29.9 Å². The highest BCUT2D eigenvalue weighted by molar-refractivity contribution is 7.89. The van der Waals surface area contributed by atoms with Crippen molar-refractivity contribution in [1.29, 1.82) is 0 Å². The number of sulfonamides is 2. The van der Waals surface area contributed by atoms with Gasteiger partial charge in [-0.3, -0.25) is 0 Å². The minimum atomic E-state index is -4.25. The van der Waals surface area contributed by atoms with Crippen LogP contribution in [0, 0.1) is 11.6 Å². The van der Waals surface area contributed by atoms with E-state index in [9.17, 15) is 25.6 Å². The molecule has 26 heavy (non-hydrogen) atoms. The lowest BCUT2D eigenvalue weighted by molar-refractivity contribution is 0.188. The van der Waals surface area contributed by atoms with Crippen LogP contribution >= 0.6 is 0 Å². The van der Waals surface area contributed by atoms with Gasteiger partial charge in [-0.2, -0.15) is 4.31 Å². The minimum Gasteiger partial charge on any atom is -0.301 e. The molecule has 1 aromatic rings. The second-order valence-corrected chi connectivity index (χ2v) is 10.4. The third-order valence-electron chi connectivity index (χ3n) is 4.28. The monoisotopic (exact) mass is 411 g/mol. The van der Waals surface area contributed by atoms with Crippen molar-refractivity contribution in [2.75, 3.05) is 52.6 Å². The van der Waals surface area contributed by atoms with Crippen LogP contribution in [-0.4, -0.2) is 82.9 Å². The van der Waals surface area contributed by atoms with Gasteiger partial charge >= 0.3 is 0 Å². The Morgan fingerprint density at radius 1 is 1.00 bits per heavy atom. The Hall–Kier alpha value is -1.14. The molecule has 0 radical (unpaired) electrons. The zero-order valence-corrected chi connectivity index (χ0v) is 16.4. The highest BCUT2D eigenvalue weighted by Gasteiger charge is 2.33. The average Bonchev–Trinajstić information content (AvgIpc) is 2.54. The molecule has 0 bridgehead atoms. The van der Waals surface area contributed by atoms with Gasteiger partial charge in [0.2, 0.25) is 20.0 Å². The van der Waals surface area contributed by atoms with Crippen molar-refractivity contribution in [3.8, 4) is 0 Å². The van der Waals surface area contributed by atoms with Crippen LogP contribution in [0.3, 0.4) is 0 Å². The summed E-state index contributed by atoms with van der Waals surface area (Å²) in [5, 5.41) is 0. The van der Waals surface area contributed by atoms with Gasteiger partial charge in [-0.1, -0.05) is 6.07 Å². The third-order valence-corrected chi connectivity index (χ3v) is 8.15. The van der Waals surface area contributed by atoms with Crippen molar-refractivity contribution in [3.63, 3.8) is 0 Å². The lowest BCUT2D eigenvalue weighted by Gasteiger charge is -2.34. The van der Waals surface area contributed by atoms with Crippen molar-refractivity contribution in [1.82, 2.24) is 13.5 Å². The van der Waals surface area contributed by atoms with Crippen molar-refractivity contribution in [3.05, 3.63) is 29.8 Å². The Balaban J connectivity index is 1.94. The summed E-state index contributed by atoms with van der Waals surface area (Å²) in [6.45, 7) is 1.44. The quantitative estimate of drug-likeness (QED) is 0.655. The fraction of sp³-hybridized carbons (Fsp3) is 0.600. The summed E-state index contributed by atoms with van der Waals surface area (Å²) in [6, 6.07) is 2.94. The van der Waals surface area contributed by atoms with Gasteiger partial charge in [0.1, 0.15) is 11.6 Å². The van der Waals surface area contributed by atoms with Crippen LogP contribution in [0.25, 0.3) is 0 Å². The molecule has 0 spiro atoms. The summed E-state index contributed by atoms with van der Waals surface area (Å²) in [4.78, 5) is 1.01. The van der Waals surface area contributed by atoms with Crippen LogP contribution in [-0.2, 0) is 20.0 Å². The van der Waals surface area contributed by atoms with Gasteiger partial charge in [0, 0.05) is 40.3 Å². The molecule has 0 aliphatic carbocycles. The molecular weight excluding hydrogens is 388 g/mol. The number of benzene rings is 1. The first kappa shape index (κ1) is 21.2. The fourth-order valence-electron chi connectivity index (χ4n) is 2.70. The summed E-state index contributed by atoms with van der Waals surface area (Å²) in [7, 11) is -4.56. The second-order valence-electron chi connectivity index (χ2n) is 6.25. The topological polar surface area (TPSA) is 78.0 Å². The van der Waals surface area contributed by atoms with E-state index >= 15 is 0 Å². The predicted octanol–water partition coefficient (Wildman–Crippen LogP) is 0.553. The Bertz CT molecular complexity index is 816. The highest BCUT2D eigenvalue weighted by atomic mass is 32.2. The van der Waals surface area contributed by atoms with E-state index in [2.05, 4.69) is 0 Å². The largest absolute Gasteiger partial charge is 0.301 e. The molecule has 1 aliphatic rings. The van der Waals surface area contributed by atoms with E-state index in [0.717, 1.165) is 22.5 Å². The molecule has 1 aromatic carbocycles. The van der Waals surface area contributed by atoms with Crippen LogP contribution in [0.2, 0.25) is 0 Å².